The summed E-state index contributed by atoms with van der Waals surface area (Å²) in [6.45, 7) is 4.21. The summed E-state index contributed by atoms with van der Waals surface area (Å²) in [5.74, 6) is 2.57. The zero-order chi connectivity index (χ0) is 12.0. The molecule has 0 saturated carbocycles. The maximum absolute atomic E-state index is 11.6. The maximum Gasteiger partial charge on any atom is 0.235 e. The molecule has 1 fully saturated rings. The van der Waals surface area contributed by atoms with Crippen molar-refractivity contribution in [2.75, 3.05) is 19.6 Å². The number of carbonyl (C=O) groups excluding carboxylic acids is 1. The fraction of sp³-hybridized carbons (Fsp3) is 0.750. The Morgan fingerprint density at radius 2 is 2.25 bits per heavy atom. The second-order valence-corrected chi connectivity index (χ2v) is 4.31. The maximum atomic E-state index is 11.6. The lowest BCUT2D eigenvalue weighted by Crippen LogP contribution is -2.46. The van der Waals surface area contributed by atoms with E-state index in [1.807, 2.05) is 6.92 Å². The molecule has 0 spiro atoms. The summed E-state index contributed by atoms with van der Waals surface area (Å²) in [4.78, 5) is 13.8. The molecule has 0 aliphatic carbocycles. The van der Waals surface area contributed by atoms with Crippen molar-refractivity contribution in [2.45, 2.75) is 38.3 Å². The highest BCUT2D eigenvalue weighted by atomic mass is 16.2. The summed E-state index contributed by atoms with van der Waals surface area (Å²) in [5, 5.41) is 2.83. The van der Waals surface area contributed by atoms with E-state index in [2.05, 4.69) is 16.1 Å². The third-order valence-electron chi connectivity index (χ3n) is 2.94. The van der Waals surface area contributed by atoms with Crippen LogP contribution in [-0.4, -0.2) is 42.5 Å². The van der Waals surface area contributed by atoms with Crippen molar-refractivity contribution in [3.05, 3.63) is 0 Å². The number of piperidine rings is 1. The van der Waals surface area contributed by atoms with Gasteiger partial charge in [-0.3, -0.25) is 9.69 Å². The molecule has 1 heterocycles. The Morgan fingerprint density at radius 3 is 2.75 bits per heavy atom. The molecule has 16 heavy (non-hydrogen) atoms. The minimum Gasteiger partial charge on any atom is -0.341 e. The Balaban J connectivity index is 2.26. The van der Waals surface area contributed by atoms with E-state index in [0.717, 1.165) is 32.4 Å². The van der Waals surface area contributed by atoms with Gasteiger partial charge in [-0.15, -0.1) is 6.42 Å². The van der Waals surface area contributed by atoms with Crippen LogP contribution in [0.1, 0.15) is 26.2 Å². The van der Waals surface area contributed by atoms with Crippen LogP contribution in [0.5, 0.6) is 0 Å². The molecule has 4 nitrogen and oxygen atoms in total. The van der Waals surface area contributed by atoms with Gasteiger partial charge in [-0.05, 0) is 19.3 Å². The van der Waals surface area contributed by atoms with Crippen molar-refractivity contribution in [2.24, 2.45) is 5.73 Å². The number of likely N-dealkylation sites (tertiary alicyclic amines) is 1. The van der Waals surface area contributed by atoms with Gasteiger partial charge < -0.3 is 11.1 Å². The number of hydrogen-bond donors (Lipinski definition) is 2. The summed E-state index contributed by atoms with van der Waals surface area (Å²) in [7, 11) is 0. The van der Waals surface area contributed by atoms with Crippen molar-refractivity contribution >= 4 is 5.91 Å². The smallest absolute Gasteiger partial charge is 0.235 e. The lowest BCUT2D eigenvalue weighted by atomic mass is 10.1. The van der Waals surface area contributed by atoms with Crippen LogP contribution in [0.4, 0.5) is 0 Å². The first-order valence-corrected chi connectivity index (χ1v) is 5.89. The number of nitrogens with one attached hydrogen (secondary N) is 1. The lowest BCUT2D eigenvalue weighted by molar-refractivity contribution is -0.122. The third kappa shape index (κ3) is 4.21. The molecule has 1 amide bonds. The molecular weight excluding hydrogens is 202 g/mol. The molecular formula is C12H21N3O. The van der Waals surface area contributed by atoms with Gasteiger partial charge in [0.2, 0.25) is 5.91 Å². The molecule has 4 heteroatoms. The van der Waals surface area contributed by atoms with Crippen molar-refractivity contribution < 1.29 is 4.79 Å². The zero-order valence-corrected chi connectivity index (χ0v) is 9.91. The van der Waals surface area contributed by atoms with Crippen LogP contribution >= 0.6 is 0 Å². The van der Waals surface area contributed by atoms with E-state index in [9.17, 15) is 4.79 Å². The van der Waals surface area contributed by atoms with Gasteiger partial charge in [0.1, 0.15) is 0 Å². The second-order valence-electron chi connectivity index (χ2n) is 4.31. The van der Waals surface area contributed by atoms with Crippen LogP contribution in [0, 0.1) is 12.3 Å². The van der Waals surface area contributed by atoms with Crippen LogP contribution in [0.3, 0.4) is 0 Å². The van der Waals surface area contributed by atoms with Gasteiger partial charge in [0.25, 0.3) is 0 Å². The van der Waals surface area contributed by atoms with Crippen LogP contribution in [0.15, 0.2) is 0 Å². The summed E-state index contributed by atoms with van der Waals surface area (Å²) in [6, 6.07) is 0.160. The number of carbonyl (C=O) groups is 1. The first kappa shape index (κ1) is 13.0. The van der Waals surface area contributed by atoms with Gasteiger partial charge in [-0.25, -0.2) is 0 Å². The fourth-order valence-electron chi connectivity index (χ4n) is 1.82. The Bertz CT molecular complexity index is 264. The van der Waals surface area contributed by atoms with Crippen molar-refractivity contribution in [1.82, 2.24) is 10.2 Å². The van der Waals surface area contributed by atoms with Crippen molar-refractivity contribution in [1.29, 1.82) is 0 Å². The third-order valence-corrected chi connectivity index (χ3v) is 2.94. The molecule has 3 N–H and O–H groups in total. The highest BCUT2D eigenvalue weighted by Gasteiger charge is 2.18. The number of terminal acetylenes is 1. The van der Waals surface area contributed by atoms with E-state index in [4.69, 9.17) is 12.2 Å². The molecule has 90 valence electrons. The number of amides is 1. The molecule has 1 atom stereocenters. The molecule has 0 bridgehead atoms. The van der Waals surface area contributed by atoms with E-state index < -0.39 is 0 Å². The molecule has 0 aromatic heterocycles. The van der Waals surface area contributed by atoms with Crippen LogP contribution in [0.2, 0.25) is 0 Å². The topological polar surface area (TPSA) is 58.4 Å². The minimum atomic E-state index is -0.139. The van der Waals surface area contributed by atoms with Crippen LogP contribution in [0.25, 0.3) is 0 Å². The van der Waals surface area contributed by atoms with Gasteiger partial charge in [-0.1, -0.05) is 12.8 Å². The van der Waals surface area contributed by atoms with Crippen molar-refractivity contribution in [3.8, 4) is 12.3 Å². The molecule has 1 aliphatic heterocycles. The quantitative estimate of drug-likeness (QED) is 0.656. The number of rotatable bonds is 4. The van der Waals surface area contributed by atoms with Crippen molar-refractivity contribution in [3.63, 3.8) is 0 Å². The molecule has 0 aromatic carbocycles. The van der Waals surface area contributed by atoms with Gasteiger partial charge in [0.05, 0.1) is 12.6 Å². The zero-order valence-electron chi connectivity index (χ0n) is 9.91. The Labute approximate surface area is 97.6 Å². The van der Waals surface area contributed by atoms with Gasteiger partial charge in [0.15, 0.2) is 0 Å². The molecule has 1 rings (SSSR count). The van der Waals surface area contributed by atoms with Crippen LogP contribution < -0.4 is 11.1 Å². The highest BCUT2D eigenvalue weighted by Crippen LogP contribution is 2.07. The van der Waals surface area contributed by atoms with E-state index >= 15 is 0 Å². The average molecular weight is 223 g/mol. The first-order valence-electron chi connectivity index (χ1n) is 5.89. The molecule has 1 aliphatic rings. The van der Waals surface area contributed by atoms with Gasteiger partial charge in [-0.2, -0.15) is 0 Å². The first-order chi connectivity index (χ1) is 7.65. The second kappa shape index (κ2) is 6.51. The summed E-state index contributed by atoms with van der Waals surface area (Å²) in [5.41, 5.74) is 5.80. The molecule has 0 radical (unpaired) electrons. The minimum absolute atomic E-state index is 0.0141. The van der Waals surface area contributed by atoms with E-state index in [0.29, 0.717) is 12.6 Å². The fourth-order valence-corrected chi connectivity index (χ4v) is 1.82. The highest BCUT2D eigenvalue weighted by molar-refractivity contribution is 5.78. The lowest BCUT2D eigenvalue weighted by Gasteiger charge is -2.29. The SMILES string of the molecule is C#CC(CC)NC(=O)CN1CCC(N)CC1. The van der Waals surface area contributed by atoms with E-state index in [1.165, 1.54) is 0 Å². The largest absolute Gasteiger partial charge is 0.341 e. The normalized spacial score (nSPS) is 20.1. The standard InChI is InChI=1S/C12H21N3O/c1-3-11(4-2)14-12(16)9-15-7-5-10(13)6-8-15/h1,10-11H,4-9,13H2,2H3,(H,14,16). The predicted molar refractivity (Wildman–Crippen MR) is 64.7 cm³/mol. The Hall–Kier alpha value is -1.05. The monoisotopic (exact) mass is 223 g/mol. The predicted octanol–water partition coefficient (Wildman–Crippen LogP) is -0.0625. The Kier molecular flexibility index (Phi) is 5.30. The average Bonchev–Trinajstić information content (AvgIpc) is 2.29. The number of nitrogens with two attached hydrogens (primary N) is 1. The molecule has 0 aromatic rings. The number of nitrogens with zero attached hydrogens (tertiary/aromatic N) is 1. The van der Waals surface area contributed by atoms with Gasteiger partial charge in [0, 0.05) is 19.1 Å². The summed E-state index contributed by atoms with van der Waals surface area (Å²) in [6.07, 6.45) is 8.00. The van der Waals surface area contributed by atoms with Gasteiger partial charge >= 0.3 is 0 Å². The molecule has 1 unspecified atom stereocenters. The Morgan fingerprint density at radius 1 is 1.62 bits per heavy atom. The van der Waals surface area contributed by atoms with E-state index in [-0.39, 0.29) is 11.9 Å². The summed E-state index contributed by atoms with van der Waals surface area (Å²) >= 11 is 0. The molecule has 1 saturated heterocycles. The van der Waals surface area contributed by atoms with Crippen LogP contribution in [-0.2, 0) is 4.79 Å². The summed E-state index contributed by atoms with van der Waals surface area (Å²) < 4.78 is 0. The number of hydrogen-bond acceptors (Lipinski definition) is 3. The van der Waals surface area contributed by atoms with E-state index in [1.54, 1.807) is 0 Å².